The van der Waals surface area contributed by atoms with Crippen LogP contribution in [0.15, 0.2) is 41.5 Å². The van der Waals surface area contributed by atoms with Crippen LogP contribution in [0.1, 0.15) is 71.3 Å². The van der Waals surface area contributed by atoms with Crippen molar-refractivity contribution >= 4 is 11.8 Å². The molecule has 1 aromatic heterocycles. The summed E-state index contributed by atoms with van der Waals surface area (Å²) in [7, 11) is 4.79. The molecule has 1 atom stereocenters. The molecule has 0 bridgehead atoms. The van der Waals surface area contributed by atoms with Crippen LogP contribution in [0.4, 0.5) is 0 Å². The number of carbonyl (C=O) groups is 2. The van der Waals surface area contributed by atoms with Gasteiger partial charge in [0.25, 0.3) is 11.8 Å². The van der Waals surface area contributed by atoms with E-state index in [1.165, 1.54) is 24.2 Å². The maximum Gasteiger partial charge on any atom is 0.258 e. The smallest absolute Gasteiger partial charge is 0.258 e. The lowest BCUT2D eigenvalue weighted by atomic mass is 9.89. The Morgan fingerprint density at radius 2 is 1.84 bits per heavy atom. The summed E-state index contributed by atoms with van der Waals surface area (Å²) in [6, 6.07) is 7.08. The van der Waals surface area contributed by atoms with E-state index in [0.29, 0.717) is 18.2 Å². The average Bonchev–Trinajstić information content (AvgIpc) is 2.80. The summed E-state index contributed by atoms with van der Waals surface area (Å²) in [5.41, 5.74) is 0.329. The maximum atomic E-state index is 13.1. The van der Waals surface area contributed by atoms with Crippen LogP contribution in [0.3, 0.4) is 0 Å². The van der Waals surface area contributed by atoms with E-state index >= 15 is 0 Å². The summed E-state index contributed by atoms with van der Waals surface area (Å²) in [4.78, 5) is 40.2. The first kappa shape index (κ1) is 23.6. The molecule has 0 saturated heterocycles. The van der Waals surface area contributed by atoms with Crippen molar-refractivity contribution in [2.75, 3.05) is 21.2 Å². The number of hydrogen-bond acceptors (Lipinski definition) is 4. The molecule has 1 aliphatic carbocycles. The van der Waals surface area contributed by atoms with Crippen molar-refractivity contribution in [2.24, 2.45) is 5.92 Å². The molecule has 7 heteroatoms. The van der Waals surface area contributed by atoms with Gasteiger partial charge in [-0.2, -0.15) is 0 Å². The first-order valence-corrected chi connectivity index (χ1v) is 11.2. The molecular formula is C25H33N3O4. The minimum absolute atomic E-state index is 0.0109. The Labute approximate surface area is 189 Å². The second-order valence-corrected chi connectivity index (χ2v) is 8.79. The highest BCUT2D eigenvalue weighted by atomic mass is 16.5. The van der Waals surface area contributed by atoms with E-state index in [4.69, 9.17) is 4.74 Å². The van der Waals surface area contributed by atoms with Crippen LogP contribution in [0.5, 0.6) is 5.75 Å². The molecule has 0 unspecified atom stereocenters. The van der Waals surface area contributed by atoms with E-state index < -0.39 is 17.2 Å². The Morgan fingerprint density at radius 3 is 2.50 bits per heavy atom. The van der Waals surface area contributed by atoms with Gasteiger partial charge >= 0.3 is 0 Å². The minimum atomic E-state index is -0.543. The van der Waals surface area contributed by atoms with Crippen molar-refractivity contribution < 1.29 is 14.3 Å². The van der Waals surface area contributed by atoms with Crippen LogP contribution >= 0.6 is 0 Å². The zero-order valence-corrected chi connectivity index (χ0v) is 19.4. The van der Waals surface area contributed by atoms with Crippen molar-refractivity contribution in [3.63, 3.8) is 0 Å². The Balaban J connectivity index is 1.90. The number of amides is 2. The van der Waals surface area contributed by atoms with Crippen molar-refractivity contribution in [1.29, 1.82) is 0 Å². The number of methoxy groups -OCH3 is 1. The molecule has 0 aliphatic heterocycles. The van der Waals surface area contributed by atoms with Gasteiger partial charge in [-0.3, -0.25) is 14.4 Å². The number of hydrogen-bond donors (Lipinski definition) is 1. The van der Waals surface area contributed by atoms with Gasteiger partial charge in [-0.25, -0.2) is 0 Å². The van der Waals surface area contributed by atoms with E-state index in [2.05, 4.69) is 5.32 Å². The third kappa shape index (κ3) is 5.58. The van der Waals surface area contributed by atoms with E-state index in [9.17, 15) is 14.4 Å². The summed E-state index contributed by atoms with van der Waals surface area (Å²) >= 11 is 0. The molecule has 1 heterocycles. The molecule has 1 aliphatic rings. The first-order chi connectivity index (χ1) is 15.3. The summed E-state index contributed by atoms with van der Waals surface area (Å²) in [5.74, 6) is 0.288. The quantitative estimate of drug-likeness (QED) is 0.714. The summed E-state index contributed by atoms with van der Waals surface area (Å²) in [6.07, 6.45) is 9.08. The Hall–Kier alpha value is -3.09. The molecule has 1 N–H and O–H groups in total. The van der Waals surface area contributed by atoms with E-state index in [-0.39, 0.29) is 17.2 Å². The van der Waals surface area contributed by atoms with E-state index in [0.717, 1.165) is 18.4 Å². The standard InChI is InChI=1S/C25H33N3O4/c1-17(19-11-8-12-20(13-19)32-4)26-24(30)21-15-28(14-18-9-6-5-7-10-18)16-22(23(21)29)25(31)27(2)3/h8,11-13,15-18H,5-7,9-10,14H2,1-4H3,(H,26,30)/t17-/m1/s1. The first-order valence-electron chi connectivity index (χ1n) is 11.2. The van der Waals surface area contributed by atoms with Gasteiger partial charge in [-0.05, 0) is 43.4 Å². The van der Waals surface area contributed by atoms with Crippen molar-refractivity contribution in [3.05, 3.63) is 63.6 Å². The van der Waals surface area contributed by atoms with Crippen LogP contribution in [0.25, 0.3) is 0 Å². The fourth-order valence-corrected chi connectivity index (χ4v) is 4.23. The molecule has 172 valence electrons. The van der Waals surface area contributed by atoms with Gasteiger partial charge < -0.3 is 19.5 Å². The molecule has 2 aromatic rings. The summed E-state index contributed by atoms with van der Waals surface area (Å²) in [5, 5.41) is 2.90. The number of benzene rings is 1. The number of carbonyl (C=O) groups excluding carboxylic acids is 2. The largest absolute Gasteiger partial charge is 0.497 e. The molecular weight excluding hydrogens is 406 g/mol. The van der Waals surface area contributed by atoms with Gasteiger partial charge in [0.2, 0.25) is 5.43 Å². The third-order valence-electron chi connectivity index (χ3n) is 6.10. The highest BCUT2D eigenvalue weighted by Gasteiger charge is 2.23. The van der Waals surface area contributed by atoms with E-state index in [1.54, 1.807) is 33.6 Å². The fourth-order valence-electron chi connectivity index (χ4n) is 4.23. The summed E-state index contributed by atoms with van der Waals surface area (Å²) < 4.78 is 7.10. The predicted octanol–water partition coefficient (Wildman–Crippen LogP) is 3.63. The third-order valence-corrected chi connectivity index (χ3v) is 6.10. The van der Waals surface area contributed by atoms with Gasteiger partial charge in [0, 0.05) is 33.0 Å². The maximum absolute atomic E-state index is 13.1. The van der Waals surface area contributed by atoms with E-state index in [1.807, 2.05) is 35.8 Å². The topological polar surface area (TPSA) is 80.6 Å². The molecule has 7 nitrogen and oxygen atoms in total. The van der Waals surface area contributed by atoms with Crippen molar-refractivity contribution in [1.82, 2.24) is 14.8 Å². The normalized spacial score (nSPS) is 15.1. The van der Waals surface area contributed by atoms with Crippen LogP contribution in [-0.2, 0) is 6.54 Å². The molecule has 1 saturated carbocycles. The highest BCUT2D eigenvalue weighted by Crippen LogP contribution is 2.25. The zero-order valence-electron chi connectivity index (χ0n) is 19.4. The number of aromatic nitrogens is 1. The van der Waals surface area contributed by atoms with Gasteiger partial charge in [0.1, 0.15) is 16.9 Å². The monoisotopic (exact) mass is 439 g/mol. The Bertz CT molecular complexity index is 1020. The molecule has 1 aromatic carbocycles. The molecule has 32 heavy (non-hydrogen) atoms. The second kappa shape index (κ2) is 10.5. The molecule has 3 rings (SSSR count). The summed E-state index contributed by atoms with van der Waals surface area (Å²) in [6.45, 7) is 2.54. The number of nitrogens with one attached hydrogen (secondary N) is 1. The molecule has 0 spiro atoms. The Morgan fingerprint density at radius 1 is 1.16 bits per heavy atom. The zero-order chi connectivity index (χ0) is 23.3. The lowest BCUT2D eigenvalue weighted by Gasteiger charge is -2.24. The van der Waals surface area contributed by atoms with Gasteiger partial charge in [0.05, 0.1) is 13.2 Å². The van der Waals surface area contributed by atoms with Crippen molar-refractivity contribution in [3.8, 4) is 5.75 Å². The second-order valence-electron chi connectivity index (χ2n) is 8.79. The average molecular weight is 440 g/mol. The molecule has 2 amide bonds. The SMILES string of the molecule is COc1cccc([C@@H](C)NC(=O)c2cn(CC3CCCCC3)cc(C(=O)N(C)C)c2=O)c1. The molecule has 1 fully saturated rings. The van der Waals surface area contributed by atoms with Crippen LogP contribution < -0.4 is 15.5 Å². The lowest BCUT2D eigenvalue weighted by Crippen LogP contribution is -2.36. The van der Waals surface area contributed by atoms with Gasteiger partial charge in [-0.15, -0.1) is 0 Å². The van der Waals surface area contributed by atoms with Crippen LogP contribution in [0.2, 0.25) is 0 Å². The molecule has 0 radical (unpaired) electrons. The Kier molecular flexibility index (Phi) is 7.72. The van der Waals surface area contributed by atoms with Gasteiger partial charge in [0.15, 0.2) is 0 Å². The highest BCUT2D eigenvalue weighted by molar-refractivity contribution is 5.99. The van der Waals surface area contributed by atoms with Crippen molar-refractivity contribution in [2.45, 2.75) is 51.6 Å². The lowest BCUT2D eigenvalue weighted by molar-refractivity contribution is 0.0825. The predicted molar refractivity (Wildman–Crippen MR) is 124 cm³/mol. The number of nitrogens with zero attached hydrogens (tertiary/aromatic N) is 2. The fraction of sp³-hybridized carbons (Fsp3) is 0.480. The minimum Gasteiger partial charge on any atom is -0.497 e. The van der Waals surface area contributed by atoms with Crippen LogP contribution in [-0.4, -0.2) is 42.5 Å². The number of pyridine rings is 1. The number of ether oxygens (including phenoxy) is 1. The van der Waals surface area contributed by atoms with Crippen LogP contribution in [0, 0.1) is 5.92 Å². The van der Waals surface area contributed by atoms with Gasteiger partial charge in [-0.1, -0.05) is 31.4 Å². The number of rotatable bonds is 7.